The second kappa shape index (κ2) is 8.64. The number of nitrogens with one attached hydrogen (secondary N) is 1. The minimum atomic E-state index is -0.199. The predicted octanol–water partition coefficient (Wildman–Crippen LogP) is 1.97. The first-order valence-electron chi connectivity index (χ1n) is 8.46. The first kappa shape index (κ1) is 18.2. The van der Waals surface area contributed by atoms with Crippen LogP contribution in [0.15, 0.2) is 35.9 Å². The number of nitrogens with zero attached hydrogens (tertiary/aromatic N) is 1. The van der Waals surface area contributed by atoms with E-state index >= 15 is 0 Å². The van der Waals surface area contributed by atoms with Crippen LogP contribution in [-0.2, 0) is 22.7 Å². The lowest BCUT2D eigenvalue weighted by atomic mass is 9.97. The Bertz CT molecular complexity index is 621. The molecule has 3 N–H and O–H groups in total. The number of carbonyl (C=O) groups excluding carboxylic acids is 2. The SMILES string of the molecule is CC(C)=CC(=O)NCc1cccc(CN2CCC[C@@H](C(N)=O)C2)c1. The monoisotopic (exact) mass is 329 g/mol. The standard InChI is InChI=1S/C19H27N3O2/c1-14(2)9-18(23)21-11-15-5-3-6-16(10-15)12-22-8-4-7-17(13-22)19(20)24/h3,5-6,9-10,17H,4,7-8,11-13H2,1-2H3,(H2,20,24)(H,21,23)/t17-/m1/s1. The molecule has 5 heteroatoms. The number of piperidine rings is 1. The molecule has 5 nitrogen and oxygen atoms in total. The molecule has 1 heterocycles. The molecule has 24 heavy (non-hydrogen) atoms. The highest BCUT2D eigenvalue weighted by atomic mass is 16.1. The minimum absolute atomic E-state index is 0.0368. The molecule has 2 amide bonds. The fourth-order valence-electron chi connectivity index (χ4n) is 3.03. The largest absolute Gasteiger partial charge is 0.369 e. The average molecular weight is 329 g/mol. The van der Waals surface area contributed by atoms with Crippen LogP contribution in [0.5, 0.6) is 0 Å². The van der Waals surface area contributed by atoms with Gasteiger partial charge in [-0.05, 0) is 44.4 Å². The summed E-state index contributed by atoms with van der Waals surface area (Å²) in [4.78, 5) is 25.3. The molecule has 1 aliphatic heterocycles. The molecule has 0 radical (unpaired) electrons. The molecule has 1 atom stereocenters. The highest BCUT2D eigenvalue weighted by Crippen LogP contribution is 2.18. The maximum atomic E-state index is 11.7. The molecule has 0 aromatic heterocycles. The highest BCUT2D eigenvalue weighted by molar-refractivity contribution is 5.87. The molecular formula is C19H27N3O2. The van der Waals surface area contributed by atoms with E-state index in [0.717, 1.165) is 43.6 Å². The summed E-state index contributed by atoms with van der Waals surface area (Å²) in [6.45, 7) is 6.85. The molecular weight excluding hydrogens is 302 g/mol. The number of rotatable bonds is 6. The summed E-state index contributed by atoms with van der Waals surface area (Å²) in [5, 5.41) is 2.89. The lowest BCUT2D eigenvalue weighted by Gasteiger charge is -2.31. The van der Waals surface area contributed by atoms with Gasteiger partial charge in [-0.2, -0.15) is 0 Å². The molecule has 0 unspecified atom stereocenters. The summed E-state index contributed by atoms with van der Waals surface area (Å²) in [7, 11) is 0. The van der Waals surface area contributed by atoms with Crippen molar-refractivity contribution in [2.75, 3.05) is 13.1 Å². The fourth-order valence-corrected chi connectivity index (χ4v) is 3.03. The molecule has 1 fully saturated rings. The summed E-state index contributed by atoms with van der Waals surface area (Å²) in [5.74, 6) is -0.304. The number of primary amides is 1. The van der Waals surface area contributed by atoms with E-state index in [4.69, 9.17) is 5.73 Å². The van der Waals surface area contributed by atoms with E-state index in [0.29, 0.717) is 6.54 Å². The van der Waals surface area contributed by atoms with Crippen LogP contribution in [0.25, 0.3) is 0 Å². The lowest BCUT2D eigenvalue weighted by Crippen LogP contribution is -2.40. The van der Waals surface area contributed by atoms with Crippen molar-refractivity contribution in [3.8, 4) is 0 Å². The van der Waals surface area contributed by atoms with Crippen LogP contribution in [-0.4, -0.2) is 29.8 Å². The Morgan fingerprint density at radius 2 is 2.08 bits per heavy atom. The molecule has 0 bridgehead atoms. The third kappa shape index (κ3) is 5.81. The van der Waals surface area contributed by atoms with Crippen LogP contribution in [0.3, 0.4) is 0 Å². The maximum absolute atomic E-state index is 11.7. The van der Waals surface area contributed by atoms with Crippen LogP contribution in [0.1, 0.15) is 37.8 Å². The van der Waals surface area contributed by atoms with Gasteiger partial charge in [0.2, 0.25) is 11.8 Å². The van der Waals surface area contributed by atoms with Crippen LogP contribution in [0, 0.1) is 5.92 Å². The second-order valence-corrected chi connectivity index (χ2v) is 6.74. The molecule has 0 saturated carbocycles. The van der Waals surface area contributed by atoms with E-state index in [1.165, 1.54) is 5.56 Å². The number of allylic oxidation sites excluding steroid dienone is 1. The average Bonchev–Trinajstić information content (AvgIpc) is 2.53. The van der Waals surface area contributed by atoms with E-state index in [2.05, 4.69) is 22.3 Å². The van der Waals surface area contributed by atoms with Crippen molar-refractivity contribution >= 4 is 11.8 Å². The van der Waals surface area contributed by atoms with Gasteiger partial charge in [0, 0.05) is 25.7 Å². The zero-order valence-electron chi connectivity index (χ0n) is 14.5. The van der Waals surface area contributed by atoms with Gasteiger partial charge >= 0.3 is 0 Å². The van der Waals surface area contributed by atoms with Crippen LogP contribution in [0.4, 0.5) is 0 Å². The van der Waals surface area contributed by atoms with Crippen molar-refractivity contribution in [1.29, 1.82) is 0 Å². The number of amides is 2. The van der Waals surface area contributed by atoms with Crippen LogP contribution < -0.4 is 11.1 Å². The lowest BCUT2D eigenvalue weighted by molar-refractivity contribution is -0.123. The first-order valence-corrected chi connectivity index (χ1v) is 8.46. The third-order valence-electron chi connectivity index (χ3n) is 4.19. The second-order valence-electron chi connectivity index (χ2n) is 6.74. The van der Waals surface area contributed by atoms with E-state index in [9.17, 15) is 9.59 Å². The van der Waals surface area contributed by atoms with E-state index < -0.39 is 0 Å². The predicted molar refractivity (Wildman–Crippen MR) is 94.9 cm³/mol. The van der Waals surface area contributed by atoms with Gasteiger partial charge in [-0.15, -0.1) is 0 Å². The van der Waals surface area contributed by atoms with Gasteiger partial charge in [-0.25, -0.2) is 0 Å². The number of benzene rings is 1. The number of carbonyl (C=O) groups is 2. The molecule has 2 rings (SSSR count). The quantitative estimate of drug-likeness (QED) is 0.784. The van der Waals surface area contributed by atoms with Crippen LogP contribution in [0.2, 0.25) is 0 Å². The molecule has 1 aromatic rings. The Hall–Kier alpha value is -2.14. The van der Waals surface area contributed by atoms with Gasteiger partial charge in [-0.3, -0.25) is 14.5 Å². The molecule has 1 saturated heterocycles. The Morgan fingerprint density at radius 3 is 2.79 bits per heavy atom. The van der Waals surface area contributed by atoms with Gasteiger partial charge in [0.25, 0.3) is 0 Å². The van der Waals surface area contributed by atoms with E-state index in [1.807, 2.05) is 26.0 Å². The topological polar surface area (TPSA) is 75.4 Å². The molecule has 0 spiro atoms. The Labute approximate surface area is 143 Å². The minimum Gasteiger partial charge on any atom is -0.369 e. The van der Waals surface area contributed by atoms with Crippen molar-refractivity contribution in [2.24, 2.45) is 11.7 Å². The third-order valence-corrected chi connectivity index (χ3v) is 4.19. The zero-order valence-corrected chi connectivity index (χ0v) is 14.5. The highest BCUT2D eigenvalue weighted by Gasteiger charge is 2.23. The Balaban J connectivity index is 1.91. The molecule has 1 aromatic carbocycles. The number of likely N-dealkylation sites (tertiary alicyclic amines) is 1. The van der Waals surface area contributed by atoms with Gasteiger partial charge in [-0.1, -0.05) is 29.8 Å². The van der Waals surface area contributed by atoms with Crippen molar-refractivity contribution < 1.29 is 9.59 Å². The van der Waals surface area contributed by atoms with Crippen molar-refractivity contribution in [2.45, 2.75) is 39.8 Å². The normalized spacial score (nSPS) is 18.0. The fraction of sp³-hybridized carbons (Fsp3) is 0.474. The van der Waals surface area contributed by atoms with E-state index in [-0.39, 0.29) is 17.7 Å². The molecule has 130 valence electrons. The van der Waals surface area contributed by atoms with Gasteiger partial charge in [0.15, 0.2) is 0 Å². The van der Waals surface area contributed by atoms with Crippen molar-refractivity contribution in [3.63, 3.8) is 0 Å². The number of nitrogens with two attached hydrogens (primary N) is 1. The van der Waals surface area contributed by atoms with Gasteiger partial charge < -0.3 is 11.1 Å². The zero-order chi connectivity index (χ0) is 17.5. The van der Waals surface area contributed by atoms with Crippen LogP contribution >= 0.6 is 0 Å². The Kier molecular flexibility index (Phi) is 6.55. The first-order chi connectivity index (χ1) is 11.4. The number of hydrogen-bond donors (Lipinski definition) is 2. The van der Waals surface area contributed by atoms with Crippen molar-refractivity contribution in [1.82, 2.24) is 10.2 Å². The van der Waals surface area contributed by atoms with Crippen molar-refractivity contribution in [3.05, 3.63) is 47.0 Å². The van der Waals surface area contributed by atoms with E-state index in [1.54, 1.807) is 6.08 Å². The summed E-state index contributed by atoms with van der Waals surface area (Å²) in [6, 6.07) is 8.20. The number of hydrogen-bond acceptors (Lipinski definition) is 3. The summed E-state index contributed by atoms with van der Waals surface area (Å²) >= 11 is 0. The van der Waals surface area contributed by atoms with Gasteiger partial charge in [0.05, 0.1) is 5.92 Å². The molecule has 0 aliphatic carbocycles. The summed E-state index contributed by atoms with van der Waals surface area (Å²) in [5.41, 5.74) is 8.68. The maximum Gasteiger partial charge on any atom is 0.244 e. The summed E-state index contributed by atoms with van der Waals surface area (Å²) < 4.78 is 0. The smallest absolute Gasteiger partial charge is 0.244 e. The van der Waals surface area contributed by atoms with Gasteiger partial charge in [0.1, 0.15) is 0 Å². The summed E-state index contributed by atoms with van der Waals surface area (Å²) in [6.07, 6.45) is 3.50. The molecule has 1 aliphatic rings. The Morgan fingerprint density at radius 1 is 1.33 bits per heavy atom.